The van der Waals surface area contributed by atoms with E-state index in [-0.39, 0.29) is 6.10 Å². The highest BCUT2D eigenvalue weighted by atomic mass is 16.6. The van der Waals surface area contributed by atoms with Crippen molar-refractivity contribution in [3.05, 3.63) is 41.3 Å². The van der Waals surface area contributed by atoms with Crippen LogP contribution in [-0.2, 0) is 4.74 Å². The van der Waals surface area contributed by atoms with Gasteiger partial charge in [0.15, 0.2) is 0 Å². The minimum absolute atomic E-state index is 0.161. The number of rotatable bonds is 3. The van der Waals surface area contributed by atoms with Gasteiger partial charge in [0.1, 0.15) is 11.8 Å². The first-order valence-electron chi connectivity index (χ1n) is 6.85. The highest BCUT2D eigenvalue weighted by Gasteiger charge is 2.12. The van der Waals surface area contributed by atoms with E-state index in [1.54, 1.807) is 24.3 Å². The van der Waals surface area contributed by atoms with Crippen molar-refractivity contribution in [2.45, 2.75) is 38.2 Å². The van der Waals surface area contributed by atoms with Crippen LogP contribution in [0.4, 0.5) is 16.2 Å². The molecule has 2 rings (SSSR count). The van der Waals surface area contributed by atoms with Crippen molar-refractivity contribution in [2.24, 2.45) is 5.18 Å². The van der Waals surface area contributed by atoms with Gasteiger partial charge in [-0.25, -0.2) is 4.79 Å². The highest BCUT2D eigenvalue weighted by molar-refractivity contribution is 5.85. The third kappa shape index (κ3) is 4.50. The van der Waals surface area contributed by atoms with E-state index < -0.39 is 6.09 Å². The zero-order chi connectivity index (χ0) is 14.2. The molecule has 5 nitrogen and oxygen atoms in total. The summed E-state index contributed by atoms with van der Waals surface area (Å²) in [6.45, 7) is 0. The molecule has 1 atom stereocenters. The van der Waals surface area contributed by atoms with Crippen LogP contribution in [0.5, 0.6) is 0 Å². The molecule has 1 aromatic rings. The Bertz CT molecular complexity index is 482. The van der Waals surface area contributed by atoms with Crippen LogP contribution in [0.3, 0.4) is 0 Å². The maximum absolute atomic E-state index is 11.8. The van der Waals surface area contributed by atoms with Crippen LogP contribution in [0.2, 0.25) is 0 Å². The SMILES string of the molecule is O=Nc1ccc(NC(=O)OC2/C=C\CCCCC2)cc1. The smallest absolute Gasteiger partial charge is 0.412 e. The fraction of sp³-hybridized carbons (Fsp3) is 0.400. The van der Waals surface area contributed by atoms with Crippen LogP contribution in [0.1, 0.15) is 32.1 Å². The average Bonchev–Trinajstić information content (AvgIpc) is 2.42. The van der Waals surface area contributed by atoms with Crippen molar-refractivity contribution in [3.8, 4) is 0 Å². The van der Waals surface area contributed by atoms with Gasteiger partial charge in [0.25, 0.3) is 0 Å². The number of ether oxygens (including phenoxy) is 1. The number of nitrogens with one attached hydrogen (secondary N) is 1. The average molecular weight is 274 g/mol. The Kier molecular flexibility index (Phi) is 5.29. The summed E-state index contributed by atoms with van der Waals surface area (Å²) in [5.41, 5.74) is 0.907. The largest absolute Gasteiger partial charge is 0.442 e. The Labute approximate surface area is 118 Å². The number of hydrogen-bond donors (Lipinski definition) is 1. The van der Waals surface area contributed by atoms with Gasteiger partial charge >= 0.3 is 6.09 Å². The van der Waals surface area contributed by atoms with Gasteiger partial charge in [-0.15, -0.1) is 4.91 Å². The number of carbonyl (C=O) groups is 1. The Morgan fingerprint density at radius 2 is 2.00 bits per heavy atom. The highest BCUT2D eigenvalue weighted by Crippen LogP contribution is 2.17. The second-order valence-corrected chi connectivity index (χ2v) is 4.77. The van der Waals surface area contributed by atoms with Gasteiger partial charge < -0.3 is 4.74 Å². The van der Waals surface area contributed by atoms with E-state index in [0.717, 1.165) is 19.3 Å². The quantitative estimate of drug-likeness (QED) is 0.650. The van der Waals surface area contributed by atoms with Crippen molar-refractivity contribution in [2.75, 3.05) is 5.32 Å². The Balaban J connectivity index is 1.87. The molecule has 0 heterocycles. The first-order chi connectivity index (χ1) is 9.78. The van der Waals surface area contributed by atoms with E-state index in [1.807, 2.05) is 6.08 Å². The number of anilines is 1. The topological polar surface area (TPSA) is 67.8 Å². The monoisotopic (exact) mass is 274 g/mol. The Morgan fingerprint density at radius 3 is 2.75 bits per heavy atom. The minimum Gasteiger partial charge on any atom is -0.442 e. The van der Waals surface area contributed by atoms with E-state index in [1.165, 1.54) is 12.8 Å². The molecule has 0 bridgehead atoms. The number of nitrogens with zero attached hydrogens (tertiary/aromatic N) is 1. The summed E-state index contributed by atoms with van der Waals surface area (Å²) in [5, 5.41) is 5.44. The van der Waals surface area contributed by atoms with E-state index >= 15 is 0 Å². The summed E-state index contributed by atoms with van der Waals surface area (Å²) in [4.78, 5) is 22.1. The van der Waals surface area contributed by atoms with E-state index in [2.05, 4.69) is 16.6 Å². The second kappa shape index (κ2) is 7.43. The summed E-state index contributed by atoms with van der Waals surface area (Å²) in [5.74, 6) is 0. The van der Waals surface area contributed by atoms with Gasteiger partial charge in [-0.2, -0.15) is 0 Å². The first-order valence-corrected chi connectivity index (χ1v) is 6.85. The molecule has 0 radical (unpaired) electrons. The lowest BCUT2D eigenvalue weighted by Gasteiger charge is -2.16. The molecular formula is C15H18N2O3. The number of nitroso groups, excluding NO2 is 1. The molecule has 0 aliphatic heterocycles. The van der Waals surface area contributed by atoms with Crippen molar-refractivity contribution < 1.29 is 9.53 Å². The number of benzene rings is 1. The molecule has 1 aliphatic rings. The fourth-order valence-corrected chi connectivity index (χ4v) is 2.12. The van der Waals surface area contributed by atoms with Crippen molar-refractivity contribution in [1.29, 1.82) is 0 Å². The number of hydrogen-bond acceptors (Lipinski definition) is 4. The first kappa shape index (κ1) is 14.2. The lowest BCUT2D eigenvalue weighted by atomic mass is 10.0. The predicted octanol–water partition coefficient (Wildman–Crippen LogP) is 4.52. The van der Waals surface area contributed by atoms with Gasteiger partial charge in [-0.3, -0.25) is 5.32 Å². The fourth-order valence-electron chi connectivity index (χ4n) is 2.12. The Hall–Kier alpha value is -2.17. The molecule has 20 heavy (non-hydrogen) atoms. The normalized spacial score (nSPS) is 20.3. The molecule has 1 aromatic carbocycles. The summed E-state index contributed by atoms with van der Waals surface area (Å²) in [7, 11) is 0. The molecule has 1 aliphatic carbocycles. The van der Waals surface area contributed by atoms with Gasteiger partial charge in [-0.1, -0.05) is 12.5 Å². The summed E-state index contributed by atoms with van der Waals surface area (Å²) in [6, 6.07) is 6.31. The Morgan fingerprint density at radius 1 is 1.20 bits per heavy atom. The lowest BCUT2D eigenvalue weighted by Crippen LogP contribution is -2.21. The van der Waals surface area contributed by atoms with Gasteiger partial charge in [-0.05, 0) is 61.2 Å². The molecule has 5 heteroatoms. The van der Waals surface area contributed by atoms with Crippen LogP contribution < -0.4 is 5.32 Å². The second-order valence-electron chi connectivity index (χ2n) is 4.77. The van der Waals surface area contributed by atoms with Gasteiger partial charge in [0, 0.05) is 5.69 Å². The maximum atomic E-state index is 11.8. The maximum Gasteiger partial charge on any atom is 0.412 e. The zero-order valence-electron chi connectivity index (χ0n) is 11.2. The molecule has 0 aromatic heterocycles. The summed E-state index contributed by atoms with van der Waals surface area (Å²) < 4.78 is 5.37. The van der Waals surface area contributed by atoms with Crippen LogP contribution in [0.25, 0.3) is 0 Å². The number of carbonyl (C=O) groups excluding carboxylic acids is 1. The standard InChI is InChI=1S/C15H18N2O3/c18-15(16-12-8-10-13(17-19)11-9-12)20-14-6-4-2-1-3-5-7-14/h4,6,8-11,14H,1-3,5,7H2,(H,16,18)/b6-4-. The summed E-state index contributed by atoms with van der Waals surface area (Å²) >= 11 is 0. The minimum atomic E-state index is -0.480. The van der Waals surface area contributed by atoms with Crippen LogP contribution in [0, 0.1) is 4.91 Å². The molecular weight excluding hydrogens is 256 g/mol. The van der Waals surface area contributed by atoms with Crippen LogP contribution in [0.15, 0.2) is 41.6 Å². The molecule has 1 unspecified atom stereocenters. The van der Waals surface area contributed by atoms with E-state index in [9.17, 15) is 9.70 Å². The molecule has 0 spiro atoms. The molecule has 0 fully saturated rings. The van der Waals surface area contributed by atoms with Crippen LogP contribution >= 0.6 is 0 Å². The molecule has 0 saturated heterocycles. The van der Waals surface area contributed by atoms with Gasteiger partial charge in [0.2, 0.25) is 0 Å². The van der Waals surface area contributed by atoms with Crippen LogP contribution in [-0.4, -0.2) is 12.2 Å². The van der Waals surface area contributed by atoms with Gasteiger partial charge in [0.05, 0.1) is 0 Å². The third-order valence-electron chi connectivity index (χ3n) is 3.19. The third-order valence-corrected chi connectivity index (χ3v) is 3.19. The zero-order valence-corrected chi connectivity index (χ0v) is 11.2. The molecule has 1 N–H and O–H groups in total. The van der Waals surface area contributed by atoms with Crippen molar-refractivity contribution in [1.82, 2.24) is 0 Å². The summed E-state index contributed by atoms with van der Waals surface area (Å²) in [6.07, 6.45) is 8.73. The molecule has 0 saturated carbocycles. The van der Waals surface area contributed by atoms with Crippen molar-refractivity contribution in [3.63, 3.8) is 0 Å². The number of allylic oxidation sites excluding steroid dienone is 1. The van der Waals surface area contributed by atoms with E-state index in [0.29, 0.717) is 11.4 Å². The lowest BCUT2D eigenvalue weighted by molar-refractivity contribution is 0.127. The molecule has 106 valence electrons. The van der Waals surface area contributed by atoms with E-state index in [4.69, 9.17) is 4.74 Å². The molecule has 1 amide bonds. The van der Waals surface area contributed by atoms with Crippen molar-refractivity contribution >= 4 is 17.5 Å². The number of amides is 1. The predicted molar refractivity (Wildman–Crippen MR) is 78.0 cm³/mol.